The zero-order valence-corrected chi connectivity index (χ0v) is 26.7. The fraction of sp³-hybridized carbons (Fsp3) is 1.00. The van der Waals surface area contributed by atoms with E-state index in [2.05, 4.69) is 24.5 Å². The van der Waals surface area contributed by atoms with Crippen molar-refractivity contribution in [2.45, 2.75) is 176 Å². The van der Waals surface area contributed by atoms with Crippen molar-refractivity contribution in [3.05, 3.63) is 0 Å². The Hall–Kier alpha value is -0.180. The number of hydrogen-bond donors (Lipinski definition) is 2. The fourth-order valence-electron chi connectivity index (χ4n) is 6.58. The first-order valence-electron chi connectivity index (χ1n) is 16.1. The Balaban J connectivity index is 1.50. The van der Waals surface area contributed by atoms with Crippen molar-refractivity contribution in [2.75, 3.05) is 13.1 Å². The molecule has 0 aromatic heterocycles. The van der Waals surface area contributed by atoms with Gasteiger partial charge >= 0.3 is 0 Å². The molecule has 2 fully saturated rings. The number of hydrogen-bond acceptors (Lipinski definition) is 6. The minimum absolute atomic E-state index is 0.139. The molecule has 2 aliphatic rings. The van der Waals surface area contributed by atoms with E-state index >= 15 is 0 Å². The smallest absolute Gasteiger partial charge is 0.157 e. The Morgan fingerprint density at radius 1 is 0.526 bits per heavy atom. The van der Waals surface area contributed by atoms with Crippen LogP contribution >= 0.6 is 0 Å². The first kappa shape index (κ1) is 34.0. The number of rotatable bonds is 21. The molecule has 0 aromatic carbocycles. The maximum Gasteiger partial charge on any atom is 0.157 e. The Morgan fingerprint density at radius 3 is 1.21 bits per heavy atom. The third-order valence-electron chi connectivity index (χ3n) is 9.14. The summed E-state index contributed by atoms with van der Waals surface area (Å²) in [5.74, 6) is 0. The second-order valence-electron chi connectivity index (χ2n) is 12.3. The van der Waals surface area contributed by atoms with Crippen LogP contribution in [0.1, 0.15) is 143 Å². The largest absolute Gasteiger partial charge is 0.313 e. The van der Waals surface area contributed by atoms with Crippen molar-refractivity contribution in [3.63, 3.8) is 0 Å². The number of unbranched alkanes of at least 4 members (excludes halogenated alkanes) is 11. The van der Waals surface area contributed by atoms with Gasteiger partial charge in [0.15, 0.2) is 19.7 Å². The van der Waals surface area contributed by atoms with Gasteiger partial charge in [-0.2, -0.15) is 0 Å². The van der Waals surface area contributed by atoms with Crippen molar-refractivity contribution in [2.24, 2.45) is 0 Å². The summed E-state index contributed by atoms with van der Waals surface area (Å²) in [6, 6.07) is 0.277. The lowest BCUT2D eigenvalue weighted by Gasteiger charge is -2.20. The van der Waals surface area contributed by atoms with Crippen LogP contribution in [0.4, 0.5) is 0 Å². The molecular formula is C30H60N2O4S2. The zero-order chi connectivity index (χ0) is 28.0. The molecule has 2 N–H and O–H groups in total. The van der Waals surface area contributed by atoms with Crippen LogP contribution in [-0.4, -0.2) is 63.0 Å². The van der Waals surface area contributed by atoms with E-state index < -0.39 is 19.7 Å². The summed E-state index contributed by atoms with van der Waals surface area (Å²) in [5, 5.41) is 6.40. The lowest BCUT2D eigenvalue weighted by atomic mass is 10.0. The van der Waals surface area contributed by atoms with Gasteiger partial charge in [-0.05, 0) is 65.5 Å². The Kier molecular flexibility index (Phi) is 15.8. The van der Waals surface area contributed by atoms with Crippen molar-refractivity contribution < 1.29 is 16.8 Å². The Labute approximate surface area is 236 Å². The molecule has 2 aliphatic heterocycles. The molecule has 226 valence electrons. The predicted molar refractivity (Wildman–Crippen MR) is 162 cm³/mol. The molecule has 38 heavy (non-hydrogen) atoms. The van der Waals surface area contributed by atoms with Gasteiger partial charge in [-0.25, -0.2) is 16.8 Å². The first-order valence-corrected chi connectivity index (χ1v) is 19.3. The van der Waals surface area contributed by atoms with Gasteiger partial charge in [-0.15, -0.1) is 0 Å². The normalized spacial score (nSPS) is 30.2. The van der Waals surface area contributed by atoms with Crippen LogP contribution in [0.3, 0.4) is 0 Å². The van der Waals surface area contributed by atoms with Crippen LogP contribution in [0.25, 0.3) is 0 Å². The standard InChI is InChI=1S/C30H60N2O4S2/c1-5-7-15-19-29-27(23-25(3)37(29,33)34)31-21-17-13-11-9-10-12-14-18-22-32-28-24-26(4)38(35,36)30(28)20-16-8-6-2/h25-32H,5-24H2,1-4H3. The van der Waals surface area contributed by atoms with E-state index in [0.29, 0.717) is 0 Å². The maximum absolute atomic E-state index is 12.7. The molecule has 0 bridgehead atoms. The van der Waals surface area contributed by atoms with Gasteiger partial charge < -0.3 is 10.6 Å². The summed E-state index contributed by atoms with van der Waals surface area (Å²) in [7, 11) is -5.95. The fourth-order valence-corrected chi connectivity index (χ4v) is 11.0. The molecule has 2 saturated heterocycles. The summed E-state index contributed by atoms with van der Waals surface area (Å²) in [6.07, 6.45) is 19.4. The van der Waals surface area contributed by atoms with Crippen LogP contribution < -0.4 is 10.6 Å². The monoisotopic (exact) mass is 576 g/mol. The van der Waals surface area contributed by atoms with Gasteiger partial charge in [0.1, 0.15) is 0 Å². The molecular weight excluding hydrogens is 516 g/mol. The van der Waals surface area contributed by atoms with Crippen molar-refractivity contribution in [1.29, 1.82) is 0 Å². The molecule has 8 heteroatoms. The van der Waals surface area contributed by atoms with Gasteiger partial charge in [0, 0.05) is 12.1 Å². The lowest BCUT2D eigenvalue weighted by Crippen LogP contribution is -2.39. The molecule has 2 heterocycles. The molecule has 0 spiro atoms. The van der Waals surface area contributed by atoms with Crippen LogP contribution in [-0.2, 0) is 19.7 Å². The molecule has 0 aliphatic carbocycles. The molecule has 2 rings (SSSR count). The van der Waals surface area contributed by atoms with Crippen LogP contribution in [0.15, 0.2) is 0 Å². The highest BCUT2D eigenvalue weighted by Crippen LogP contribution is 2.32. The second kappa shape index (κ2) is 17.6. The highest BCUT2D eigenvalue weighted by Gasteiger charge is 2.45. The minimum Gasteiger partial charge on any atom is -0.313 e. The third-order valence-corrected chi connectivity index (χ3v) is 14.6. The van der Waals surface area contributed by atoms with Crippen molar-refractivity contribution >= 4 is 19.7 Å². The highest BCUT2D eigenvalue weighted by atomic mass is 32.2. The zero-order valence-electron chi connectivity index (χ0n) is 25.1. The van der Waals surface area contributed by atoms with Crippen molar-refractivity contribution in [1.82, 2.24) is 10.6 Å². The predicted octanol–water partition coefficient (Wildman–Crippen LogP) is 6.34. The van der Waals surface area contributed by atoms with Crippen molar-refractivity contribution in [3.8, 4) is 0 Å². The molecule has 0 aromatic rings. The summed E-state index contributed by atoms with van der Waals surface area (Å²) in [6.45, 7) is 9.94. The average molecular weight is 577 g/mol. The van der Waals surface area contributed by atoms with E-state index in [0.717, 1.165) is 90.1 Å². The topological polar surface area (TPSA) is 92.3 Å². The van der Waals surface area contributed by atoms with Gasteiger partial charge in [-0.1, -0.05) is 90.9 Å². The molecule has 0 saturated carbocycles. The molecule has 0 amide bonds. The van der Waals surface area contributed by atoms with E-state index in [4.69, 9.17) is 0 Å². The molecule has 6 nitrogen and oxygen atoms in total. The van der Waals surface area contributed by atoms with Gasteiger partial charge in [0.05, 0.1) is 21.0 Å². The van der Waals surface area contributed by atoms with E-state index in [1.807, 2.05) is 13.8 Å². The SMILES string of the molecule is CCCCCC1C(NCCCCCCCCCCNC2CC(C)S(=O)(=O)C2CCCCC)CC(C)S1(=O)=O. The minimum atomic E-state index is -2.97. The van der Waals surface area contributed by atoms with Crippen LogP contribution in [0.5, 0.6) is 0 Å². The summed E-state index contributed by atoms with van der Waals surface area (Å²) >= 11 is 0. The second-order valence-corrected chi connectivity index (χ2v) is 17.5. The Morgan fingerprint density at radius 2 is 0.868 bits per heavy atom. The number of sulfone groups is 2. The van der Waals surface area contributed by atoms with Crippen LogP contribution in [0, 0.1) is 0 Å². The molecule has 6 unspecified atom stereocenters. The maximum atomic E-state index is 12.7. The van der Waals surface area contributed by atoms with E-state index in [1.165, 1.54) is 38.5 Å². The average Bonchev–Trinajstić information content (AvgIpc) is 3.22. The summed E-state index contributed by atoms with van der Waals surface area (Å²) in [5.41, 5.74) is 0. The van der Waals surface area contributed by atoms with E-state index in [9.17, 15) is 16.8 Å². The van der Waals surface area contributed by atoms with Crippen LogP contribution in [0.2, 0.25) is 0 Å². The summed E-state index contributed by atoms with van der Waals surface area (Å²) < 4.78 is 50.8. The quantitative estimate of drug-likeness (QED) is 0.155. The highest BCUT2D eigenvalue weighted by molar-refractivity contribution is 7.93. The first-order chi connectivity index (χ1) is 18.2. The molecule has 6 atom stereocenters. The Bertz CT molecular complexity index is 776. The third kappa shape index (κ3) is 10.3. The summed E-state index contributed by atoms with van der Waals surface area (Å²) in [4.78, 5) is 0. The molecule has 0 radical (unpaired) electrons. The lowest BCUT2D eigenvalue weighted by molar-refractivity contribution is 0.442. The van der Waals surface area contributed by atoms with Gasteiger partial charge in [-0.3, -0.25) is 0 Å². The van der Waals surface area contributed by atoms with E-state index in [1.54, 1.807) is 0 Å². The number of nitrogens with one attached hydrogen (secondary N) is 2. The van der Waals surface area contributed by atoms with Gasteiger partial charge in [0.2, 0.25) is 0 Å². The van der Waals surface area contributed by atoms with E-state index in [-0.39, 0.29) is 33.1 Å². The van der Waals surface area contributed by atoms with Gasteiger partial charge in [0.25, 0.3) is 0 Å².